The van der Waals surface area contributed by atoms with Crippen LogP contribution in [0.5, 0.6) is 0 Å². The van der Waals surface area contributed by atoms with Crippen LogP contribution in [-0.2, 0) is 9.53 Å². The van der Waals surface area contributed by atoms with E-state index >= 15 is 0 Å². The molecule has 0 spiro atoms. The van der Waals surface area contributed by atoms with Gasteiger partial charge < -0.3 is 26.0 Å². The number of amides is 2. The van der Waals surface area contributed by atoms with Gasteiger partial charge in [0, 0.05) is 38.1 Å². The Morgan fingerprint density at radius 2 is 2.03 bits per heavy atom. The summed E-state index contributed by atoms with van der Waals surface area (Å²) in [5, 5.41) is 6.14. The fraction of sp³-hybridized carbons (Fsp3) is 0.652. The van der Waals surface area contributed by atoms with Crippen LogP contribution >= 0.6 is 0 Å². The summed E-state index contributed by atoms with van der Waals surface area (Å²) < 4.78 is 5.27. The van der Waals surface area contributed by atoms with E-state index < -0.39 is 11.7 Å². The molecule has 30 heavy (non-hydrogen) atoms. The molecule has 0 aromatic heterocycles. The van der Waals surface area contributed by atoms with E-state index in [9.17, 15) is 9.59 Å². The summed E-state index contributed by atoms with van der Waals surface area (Å²) in [5.41, 5.74) is 6.61. The molecular formula is C23H38N4O3. The number of nitrogens with zero attached hydrogens (tertiary/aromatic N) is 1. The average Bonchev–Trinajstić information content (AvgIpc) is 2.84. The maximum atomic E-state index is 13.3. The molecule has 1 aliphatic heterocycles. The zero-order chi connectivity index (χ0) is 22.1. The summed E-state index contributed by atoms with van der Waals surface area (Å²) >= 11 is 0. The van der Waals surface area contributed by atoms with Crippen LogP contribution in [0.25, 0.3) is 0 Å². The van der Waals surface area contributed by atoms with E-state index in [-0.39, 0.29) is 18.0 Å². The predicted octanol–water partition coefficient (Wildman–Crippen LogP) is 2.61. The molecule has 7 heteroatoms. The maximum absolute atomic E-state index is 13.3. The summed E-state index contributed by atoms with van der Waals surface area (Å²) in [6.45, 7) is 9.84. The third-order valence-electron chi connectivity index (χ3n) is 5.38. The largest absolute Gasteiger partial charge is 0.444 e. The zero-order valence-electron chi connectivity index (χ0n) is 18.8. The Hall–Kier alpha value is -2.12. The molecule has 1 heterocycles. The van der Waals surface area contributed by atoms with E-state index in [1.54, 1.807) is 0 Å². The van der Waals surface area contributed by atoms with Gasteiger partial charge in [-0.05, 0) is 45.6 Å². The normalized spacial score (nSPS) is 21.1. The Bertz CT molecular complexity index is 675. The van der Waals surface area contributed by atoms with Crippen molar-refractivity contribution >= 4 is 12.0 Å². The Kier molecular flexibility index (Phi) is 9.11. The SMILES string of the molecule is CCC(CN1CC[C@@H](CN)N[C@@H](CCNC(=O)OC(C)(C)C)C1=O)c1ccccc1. The van der Waals surface area contributed by atoms with Crippen LogP contribution in [0.3, 0.4) is 0 Å². The van der Waals surface area contributed by atoms with Gasteiger partial charge in [0.25, 0.3) is 0 Å². The van der Waals surface area contributed by atoms with Crippen molar-refractivity contribution in [2.24, 2.45) is 5.73 Å². The molecule has 1 aliphatic rings. The van der Waals surface area contributed by atoms with Gasteiger partial charge in [0.15, 0.2) is 0 Å². The first-order valence-electron chi connectivity index (χ1n) is 11.0. The van der Waals surface area contributed by atoms with Gasteiger partial charge in [-0.15, -0.1) is 0 Å². The molecule has 1 saturated heterocycles. The molecule has 4 N–H and O–H groups in total. The lowest BCUT2D eigenvalue weighted by atomic mass is 9.95. The standard InChI is InChI=1S/C23H38N4O3/c1-5-17(18-9-7-6-8-10-18)16-27-14-12-19(15-24)26-20(21(27)28)11-13-25-22(29)30-23(2,3)4/h6-10,17,19-20,26H,5,11-16,24H2,1-4H3,(H,25,29)/t17?,19-,20-/m0/s1. The number of carbonyl (C=O) groups is 2. The minimum absolute atomic E-state index is 0.0753. The van der Waals surface area contributed by atoms with Crippen LogP contribution in [0.4, 0.5) is 4.79 Å². The predicted molar refractivity (Wildman–Crippen MR) is 119 cm³/mol. The van der Waals surface area contributed by atoms with Gasteiger partial charge in [0.2, 0.25) is 5.91 Å². The highest BCUT2D eigenvalue weighted by atomic mass is 16.6. The summed E-state index contributed by atoms with van der Waals surface area (Å²) in [6.07, 6.45) is 1.81. The van der Waals surface area contributed by atoms with Gasteiger partial charge in [-0.25, -0.2) is 4.79 Å². The van der Waals surface area contributed by atoms with Crippen LogP contribution in [0.1, 0.15) is 58.4 Å². The lowest BCUT2D eigenvalue weighted by Crippen LogP contribution is -2.49. The summed E-state index contributed by atoms with van der Waals surface area (Å²) in [7, 11) is 0. The smallest absolute Gasteiger partial charge is 0.407 e. The number of hydrogen-bond acceptors (Lipinski definition) is 5. The van der Waals surface area contributed by atoms with Crippen molar-refractivity contribution in [2.45, 2.75) is 70.6 Å². The van der Waals surface area contributed by atoms with Crippen molar-refractivity contribution in [1.82, 2.24) is 15.5 Å². The zero-order valence-corrected chi connectivity index (χ0v) is 18.8. The maximum Gasteiger partial charge on any atom is 0.407 e. The molecule has 0 radical (unpaired) electrons. The van der Waals surface area contributed by atoms with Gasteiger partial charge in [0.1, 0.15) is 5.60 Å². The highest BCUT2D eigenvalue weighted by Crippen LogP contribution is 2.22. The molecule has 2 amide bonds. The highest BCUT2D eigenvalue weighted by molar-refractivity contribution is 5.82. The summed E-state index contributed by atoms with van der Waals surface area (Å²) in [6, 6.07) is 10.1. The van der Waals surface area contributed by atoms with Crippen LogP contribution in [-0.4, -0.2) is 60.8 Å². The van der Waals surface area contributed by atoms with Crippen molar-refractivity contribution in [3.8, 4) is 0 Å². The second-order valence-corrected chi connectivity index (χ2v) is 8.96. The number of ether oxygens (including phenoxy) is 1. The molecule has 0 aliphatic carbocycles. The van der Waals surface area contributed by atoms with Crippen molar-refractivity contribution < 1.29 is 14.3 Å². The topological polar surface area (TPSA) is 96.7 Å². The summed E-state index contributed by atoms with van der Waals surface area (Å²) in [4.78, 5) is 27.1. The van der Waals surface area contributed by atoms with Crippen LogP contribution in [0.15, 0.2) is 30.3 Å². The minimum Gasteiger partial charge on any atom is -0.444 e. The Morgan fingerprint density at radius 1 is 1.33 bits per heavy atom. The number of nitrogens with one attached hydrogen (secondary N) is 2. The lowest BCUT2D eigenvalue weighted by molar-refractivity contribution is -0.133. The van der Waals surface area contributed by atoms with Crippen LogP contribution in [0.2, 0.25) is 0 Å². The number of benzene rings is 1. The van der Waals surface area contributed by atoms with Crippen molar-refractivity contribution in [3.05, 3.63) is 35.9 Å². The van der Waals surface area contributed by atoms with Crippen LogP contribution < -0.4 is 16.4 Å². The minimum atomic E-state index is -0.547. The van der Waals surface area contributed by atoms with Gasteiger partial charge >= 0.3 is 6.09 Å². The van der Waals surface area contributed by atoms with Crippen molar-refractivity contribution in [1.29, 1.82) is 0 Å². The second-order valence-electron chi connectivity index (χ2n) is 8.96. The molecular weight excluding hydrogens is 380 g/mol. The first-order chi connectivity index (χ1) is 14.2. The lowest BCUT2D eigenvalue weighted by Gasteiger charge is -2.28. The highest BCUT2D eigenvalue weighted by Gasteiger charge is 2.31. The van der Waals surface area contributed by atoms with Crippen molar-refractivity contribution in [3.63, 3.8) is 0 Å². The molecule has 1 unspecified atom stereocenters. The Morgan fingerprint density at radius 3 is 2.63 bits per heavy atom. The number of alkyl carbamates (subject to hydrolysis) is 1. The molecule has 2 rings (SSSR count). The van der Waals surface area contributed by atoms with E-state index in [1.165, 1.54) is 5.56 Å². The van der Waals surface area contributed by atoms with Crippen molar-refractivity contribution in [2.75, 3.05) is 26.2 Å². The molecule has 0 bridgehead atoms. The second kappa shape index (κ2) is 11.3. The van der Waals surface area contributed by atoms with Gasteiger partial charge in [-0.2, -0.15) is 0 Å². The van der Waals surface area contributed by atoms with Gasteiger partial charge in [0.05, 0.1) is 6.04 Å². The van der Waals surface area contributed by atoms with Crippen LogP contribution in [0, 0.1) is 0 Å². The number of carbonyl (C=O) groups excluding carboxylic acids is 2. The third-order valence-corrected chi connectivity index (χ3v) is 5.38. The average molecular weight is 419 g/mol. The van der Waals surface area contributed by atoms with E-state index in [1.807, 2.05) is 43.9 Å². The number of hydrogen-bond donors (Lipinski definition) is 3. The fourth-order valence-electron chi connectivity index (χ4n) is 3.75. The first-order valence-corrected chi connectivity index (χ1v) is 11.0. The monoisotopic (exact) mass is 418 g/mol. The molecule has 1 aromatic carbocycles. The number of rotatable bonds is 8. The van der Waals surface area contributed by atoms with Gasteiger partial charge in [-0.3, -0.25) is 4.79 Å². The Labute approximate surface area is 180 Å². The summed E-state index contributed by atoms with van der Waals surface area (Å²) in [5.74, 6) is 0.372. The number of nitrogens with two attached hydrogens (primary N) is 1. The molecule has 0 saturated carbocycles. The van der Waals surface area contributed by atoms with E-state index in [2.05, 4.69) is 29.7 Å². The van der Waals surface area contributed by atoms with Gasteiger partial charge in [-0.1, -0.05) is 37.3 Å². The fourth-order valence-corrected chi connectivity index (χ4v) is 3.75. The molecule has 7 nitrogen and oxygen atoms in total. The van der Waals surface area contributed by atoms with E-state index in [4.69, 9.17) is 10.5 Å². The molecule has 168 valence electrons. The molecule has 1 fully saturated rings. The Balaban J connectivity index is 2.00. The quantitative estimate of drug-likeness (QED) is 0.603. The van der Waals surface area contributed by atoms with E-state index in [0.29, 0.717) is 38.5 Å². The van der Waals surface area contributed by atoms with E-state index in [0.717, 1.165) is 12.8 Å². The first kappa shape index (κ1) is 24.2. The molecule has 1 aromatic rings. The molecule has 3 atom stereocenters. The third kappa shape index (κ3) is 7.61.